The van der Waals surface area contributed by atoms with Gasteiger partial charge in [0.25, 0.3) is 5.88 Å². The van der Waals surface area contributed by atoms with Gasteiger partial charge in [-0.25, -0.2) is 9.97 Å². The number of anilines is 1. The highest BCUT2D eigenvalue weighted by Crippen LogP contribution is 2.36. The van der Waals surface area contributed by atoms with Gasteiger partial charge in [-0.1, -0.05) is 44.2 Å². The highest BCUT2D eigenvalue weighted by atomic mass is 79.9. The summed E-state index contributed by atoms with van der Waals surface area (Å²) >= 11 is 9.86. The van der Waals surface area contributed by atoms with E-state index in [0.29, 0.717) is 39.4 Å². The monoisotopic (exact) mass is 441 g/mol. The maximum atomic E-state index is 6.37. The largest absolute Gasteiger partial charge is 0.497 e. The van der Waals surface area contributed by atoms with Crippen LogP contribution in [0.1, 0.15) is 39.0 Å². The van der Waals surface area contributed by atoms with Gasteiger partial charge in [0.1, 0.15) is 16.0 Å². The second-order valence-electron chi connectivity index (χ2n) is 5.88. The normalized spacial score (nSPS) is 10.7. The predicted octanol–water partition coefficient (Wildman–Crippen LogP) is 5.96. The topological polar surface area (TPSA) is 56.3 Å². The molecule has 0 atom stereocenters. The van der Waals surface area contributed by atoms with Crippen LogP contribution < -0.4 is 14.8 Å². The molecule has 0 saturated carbocycles. The van der Waals surface area contributed by atoms with Gasteiger partial charge in [0.05, 0.1) is 18.7 Å². The summed E-state index contributed by atoms with van der Waals surface area (Å²) in [5.74, 6) is 1.77. The summed E-state index contributed by atoms with van der Waals surface area (Å²) in [7, 11) is 3.40. The minimum Gasteiger partial charge on any atom is -0.497 e. The lowest BCUT2D eigenvalue weighted by molar-refractivity contribution is 0.293. The highest BCUT2D eigenvalue weighted by Gasteiger charge is 2.16. The first-order valence-corrected chi connectivity index (χ1v) is 9.99. The second-order valence-corrected chi connectivity index (χ2v) is 7.03. The van der Waals surface area contributed by atoms with Crippen LogP contribution in [0.5, 0.6) is 11.6 Å². The van der Waals surface area contributed by atoms with Crippen LogP contribution in [-0.4, -0.2) is 30.7 Å². The molecule has 0 amide bonds. The molecule has 0 unspecified atom stereocenters. The van der Waals surface area contributed by atoms with Crippen LogP contribution in [-0.2, 0) is 0 Å². The van der Waals surface area contributed by atoms with Crippen LogP contribution in [0, 0.1) is 0 Å². The first kappa shape index (κ1) is 20.8. The molecule has 0 saturated heterocycles. The number of nitrogens with zero attached hydrogens (tertiary/aromatic N) is 2. The van der Waals surface area contributed by atoms with Gasteiger partial charge in [0, 0.05) is 12.6 Å². The lowest BCUT2D eigenvalue weighted by atomic mass is 10.1. The Bertz CT molecular complexity index is 728. The first-order chi connectivity index (χ1) is 12.6. The minimum atomic E-state index is 0.489. The van der Waals surface area contributed by atoms with E-state index in [4.69, 9.17) is 21.1 Å². The molecule has 2 aromatic rings. The standard InChI is InChI=1S/C19H25BrClN3O2/c1-4-5-6-7-8-11-26-19-18(22-2)23-16(17(20)24-19)14-10-9-13(25-3)12-15(14)21/h9-10,12H,4-8,11H2,1-3H3,(H,22,23). The zero-order chi connectivity index (χ0) is 18.9. The minimum absolute atomic E-state index is 0.489. The van der Waals surface area contributed by atoms with E-state index in [1.807, 2.05) is 12.1 Å². The molecule has 142 valence electrons. The second kappa shape index (κ2) is 10.6. The Kier molecular flexibility index (Phi) is 8.45. The molecule has 5 nitrogen and oxygen atoms in total. The van der Waals surface area contributed by atoms with Gasteiger partial charge in [-0.05, 0) is 40.5 Å². The van der Waals surface area contributed by atoms with E-state index < -0.39 is 0 Å². The van der Waals surface area contributed by atoms with Gasteiger partial charge < -0.3 is 14.8 Å². The van der Waals surface area contributed by atoms with E-state index in [1.54, 1.807) is 20.2 Å². The molecule has 1 N–H and O–H groups in total. The molecule has 0 spiro atoms. The predicted molar refractivity (Wildman–Crippen MR) is 111 cm³/mol. The van der Waals surface area contributed by atoms with Gasteiger partial charge in [0.15, 0.2) is 5.82 Å². The molecule has 0 aliphatic carbocycles. The van der Waals surface area contributed by atoms with Crippen molar-refractivity contribution in [2.24, 2.45) is 0 Å². The Balaban J connectivity index is 2.16. The quantitative estimate of drug-likeness (QED) is 0.460. The molecule has 26 heavy (non-hydrogen) atoms. The number of rotatable bonds is 10. The molecule has 0 aliphatic heterocycles. The lowest BCUT2D eigenvalue weighted by Gasteiger charge is -2.13. The molecule has 1 aromatic heterocycles. The van der Waals surface area contributed by atoms with Gasteiger partial charge in [-0.15, -0.1) is 0 Å². The third kappa shape index (κ3) is 5.48. The van der Waals surface area contributed by atoms with Crippen molar-refractivity contribution in [2.45, 2.75) is 39.0 Å². The number of unbranched alkanes of at least 4 members (excludes halogenated alkanes) is 4. The highest BCUT2D eigenvalue weighted by molar-refractivity contribution is 9.10. The Morgan fingerprint density at radius 2 is 1.92 bits per heavy atom. The molecular formula is C19H25BrClN3O2. The van der Waals surface area contributed by atoms with E-state index in [-0.39, 0.29) is 0 Å². The van der Waals surface area contributed by atoms with Crippen molar-refractivity contribution in [3.8, 4) is 22.9 Å². The SMILES string of the molecule is CCCCCCCOc1nc(Br)c(-c2ccc(OC)cc2Cl)nc1NC. The van der Waals surface area contributed by atoms with Gasteiger partial charge >= 0.3 is 0 Å². The summed E-state index contributed by atoms with van der Waals surface area (Å²) in [5.41, 5.74) is 1.42. The van der Waals surface area contributed by atoms with Crippen molar-refractivity contribution in [1.29, 1.82) is 0 Å². The summed E-state index contributed by atoms with van der Waals surface area (Å²) in [4.78, 5) is 9.15. The molecule has 7 heteroatoms. The van der Waals surface area contributed by atoms with E-state index in [0.717, 1.165) is 18.4 Å². The van der Waals surface area contributed by atoms with E-state index in [1.165, 1.54) is 19.3 Å². The van der Waals surface area contributed by atoms with Crippen LogP contribution in [0.2, 0.25) is 5.02 Å². The maximum absolute atomic E-state index is 6.37. The number of hydrogen-bond acceptors (Lipinski definition) is 5. The first-order valence-electron chi connectivity index (χ1n) is 8.82. The summed E-state index contributed by atoms with van der Waals surface area (Å²) in [6, 6.07) is 5.46. The molecule has 1 aromatic carbocycles. The van der Waals surface area contributed by atoms with Crippen molar-refractivity contribution in [3.05, 3.63) is 27.8 Å². The molecule has 0 radical (unpaired) electrons. The van der Waals surface area contributed by atoms with Crippen LogP contribution >= 0.6 is 27.5 Å². The lowest BCUT2D eigenvalue weighted by Crippen LogP contribution is -2.06. The van der Waals surface area contributed by atoms with Crippen molar-refractivity contribution < 1.29 is 9.47 Å². The number of nitrogens with one attached hydrogen (secondary N) is 1. The Hall–Kier alpha value is -1.53. The zero-order valence-electron chi connectivity index (χ0n) is 15.4. The van der Waals surface area contributed by atoms with E-state index in [9.17, 15) is 0 Å². The number of methoxy groups -OCH3 is 1. The third-order valence-electron chi connectivity index (χ3n) is 3.98. The number of aromatic nitrogens is 2. The summed E-state index contributed by atoms with van der Waals surface area (Å²) < 4.78 is 11.6. The molecule has 1 heterocycles. The smallest absolute Gasteiger partial charge is 0.258 e. The fraction of sp³-hybridized carbons (Fsp3) is 0.474. The van der Waals surface area contributed by atoms with Crippen molar-refractivity contribution in [2.75, 3.05) is 26.1 Å². The van der Waals surface area contributed by atoms with Crippen LogP contribution in [0.4, 0.5) is 5.82 Å². The molecule has 0 aliphatic rings. The van der Waals surface area contributed by atoms with Crippen molar-refractivity contribution in [3.63, 3.8) is 0 Å². The van der Waals surface area contributed by atoms with Gasteiger partial charge in [0.2, 0.25) is 0 Å². The summed E-state index contributed by atoms with van der Waals surface area (Å²) in [6.45, 7) is 2.83. The number of ether oxygens (including phenoxy) is 2. The molecule has 0 fully saturated rings. The summed E-state index contributed by atoms with van der Waals surface area (Å²) in [6.07, 6.45) is 5.91. The number of halogens is 2. The van der Waals surface area contributed by atoms with Crippen LogP contribution in [0.3, 0.4) is 0 Å². The average Bonchev–Trinajstić information content (AvgIpc) is 2.65. The van der Waals surface area contributed by atoms with E-state index in [2.05, 4.69) is 38.1 Å². The van der Waals surface area contributed by atoms with Crippen LogP contribution in [0.25, 0.3) is 11.3 Å². The average molecular weight is 443 g/mol. The zero-order valence-corrected chi connectivity index (χ0v) is 17.8. The summed E-state index contributed by atoms with van der Waals surface area (Å²) in [5, 5.41) is 3.60. The Morgan fingerprint density at radius 1 is 1.15 bits per heavy atom. The van der Waals surface area contributed by atoms with Gasteiger partial charge in [-0.2, -0.15) is 0 Å². The fourth-order valence-corrected chi connectivity index (χ4v) is 3.25. The van der Waals surface area contributed by atoms with Gasteiger partial charge in [-0.3, -0.25) is 0 Å². The molecule has 0 bridgehead atoms. The van der Waals surface area contributed by atoms with Crippen molar-refractivity contribution >= 4 is 33.3 Å². The van der Waals surface area contributed by atoms with Crippen LogP contribution in [0.15, 0.2) is 22.8 Å². The third-order valence-corrected chi connectivity index (χ3v) is 4.84. The molecular weight excluding hydrogens is 418 g/mol. The Morgan fingerprint density at radius 3 is 2.58 bits per heavy atom. The molecule has 2 rings (SSSR count). The van der Waals surface area contributed by atoms with E-state index >= 15 is 0 Å². The maximum Gasteiger partial charge on any atom is 0.258 e. The Labute approximate surface area is 168 Å². The number of hydrogen-bond donors (Lipinski definition) is 1. The van der Waals surface area contributed by atoms with Crippen molar-refractivity contribution in [1.82, 2.24) is 9.97 Å². The number of benzene rings is 1. The fourth-order valence-electron chi connectivity index (χ4n) is 2.52.